The van der Waals surface area contributed by atoms with Crippen LogP contribution in [0.2, 0.25) is 0 Å². The van der Waals surface area contributed by atoms with Crippen molar-refractivity contribution in [2.24, 2.45) is 0 Å². The van der Waals surface area contributed by atoms with Gasteiger partial charge >= 0.3 is 0 Å². The highest BCUT2D eigenvalue weighted by atomic mass is 32.1. The second-order valence-corrected chi connectivity index (χ2v) is 3.04. The van der Waals surface area contributed by atoms with Gasteiger partial charge in [0.05, 0.1) is 12.0 Å². The van der Waals surface area contributed by atoms with Gasteiger partial charge in [-0.2, -0.15) is 5.26 Å². The summed E-state index contributed by atoms with van der Waals surface area (Å²) in [5.41, 5.74) is 0.704. The van der Waals surface area contributed by atoms with Gasteiger partial charge in [0, 0.05) is 10.3 Å². The first-order valence-electron chi connectivity index (χ1n) is 3.17. The fourth-order valence-electron chi connectivity index (χ4n) is 0.736. The molecule has 3 heteroatoms. The molecule has 0 aliphatic heterocycles. The van der Waals surface area contributed by atoms with Crippen molar-refractivity contribution >= 4 is 11.3 Å². The van der Waals surface area contributed by atoms with E-state index >= 15 is 0 Å². The molecule has 0 saturated carbocycles. The van der Waals surface area contributed by atoms with Gasteiger partial charge in [0.25, 0.3) is 0 Å². The monoisotopic (exact) mass is 162 g/mol. The van der Waals surface area contributed by atoms with Crippen LogP contribution in [0.15, 0.2) is 11.4 Å². The number of hydrogen-bond acceptors (Lipinski definition) is 2. The summed E-state index contributed by atoms with van der Waals surface area (Å²) < 4.78 is 0. The Morgan fingerprint density at radius 3 is 3.09 bits per heavy atom. The topological polar surface area (TPSA) is 28.1 Å². The Kier molecular flexibility index (Phi) is 2.66. The minimum Gasteiger partial charge on any atom is -0.317 e. The number of nitrogens with zero attached hydrogens (tertiary/aromatic N) is 2. The molecule has 0 N–H and O–H groups in total. The predicted octanol–water partition coefficient (Wildman–Crippen LogP) is 2.08. The lowest BCUT2D eigenvalue weighted by molar-refractivity contribution is 1.11. The van der Waals surface area contributed by atoms with Crippen LogP contribution in [0.5, 0.6) is 0 Å². The van der Waals surface area contributed by atoms with Crippen LogP contribution >= 0.6 is 11.3 Å². The van der Waals surface area contributed by atoms with Gasteiger partial charge in [0.2, 0.25) is 6.54 Å². The molecule has 0 aliphatic rings. The Bertz CT molecular complexity index is 314. The summed E-state index contributed by atoms with van der Waals surface area (Å²) in [5.74, 6) is 0. The zero-order valence-electron chi connectivity index (χ0n) is 5.87. The molecule has 1 heterocycles. The Labute approximate surface area is 69.5 Å². The van der Waals surface area contributed by atoms with Gasteiger partial charge in [-0.25, -0.2) is 6.57 Å². The summed E-state index contributed by atoms with van der Waals surface area (Å²) in [4.78, 5) is 4.36. The van der Waals surface area contributed by atoms with E-state index in [9.17, 15) is 0 Å². The molecule has 0 bridgehead atoms. The van der Waals surface area contributed by atoms with Gasteiger partial charge in [-0.1, -0.05) is 0 Å². The van der Waals surface area contributed by atoms with E-state index in [0.29, 0.717) is 12.1 Å². The molecule has 1 rings (SSSR count). The van der Waals surface area contributed by atoms with E-state index in [-0.39, 0.29) is 0 Å². The van der Waals surface area contributed by atoms with Gasteiger partial charge in [0.15, 0.2) is 0 Å². The van der Waals surface area contributed by atoms with Gasteiger partial charge in [0.1, 0.15) is 6.07 Å². The maximum atomic E-state index is 8.47. The van der Waals surface area contributed by atoms with Crippen molar-refractivity contribution in [1.82, 2.24) is 0 Å². The molecule has 0 amide bonds. The van der Waals surface area contributed by atoms with Gasteiger partial charge in [-0.15, -0.1) is 11.3 Å². The van der Waals surface area contributed by atoms with Crippen molar-refractivity contribution in [2.75, 3.05) is 6.54 Å². The lowest BCUT2D eigenvalue weighted by Gasteiger charge is -1.82. The van der Waals surface area contributed by atoms with Crippen molar-refractivity contribution in [3.8, 4) is 6.07 Å². The molecule has 0 spiro atoms. The summed E-state index contributed by atoms with van der Waals surface area (Å²) in [6.45, 7) is 7.09. The van der Waals surface area contributed by atoms with Crippen LogP contribution in [0.4, 0.5) is 0 Å². The van der Waals surface area contributed by atoms with Gasteiger partial charge < -0.3 is 4.85 Å². The van der Waals surface area contributed by atoms with Crippen LogP contribution in [0.1, 0.15) is 10.4 Å². The highest BCUT2D eigenvalue weighted by molar-refractivity contribution is 7.10. The Morgan fingerprint density at radius 2 is 2.55 bits per heavy atom. The molecular formula is C8H6N2S. The average molecular weight is 162 g/mol. The normalized spacial score (nSPS) is 8.55. The lowest BCUT2D eigenvalue weighted by atomic mass is 10.3. The first kappa shape index (κ1) is 7.78. The van der Waals surface area contributed by atoms with E-state index in [4.69, 9.17) is 11.8 Å². The maximum absolute atomic E-state index is 8.47. The van der Waals surface area contributed by atoms with E-state index in [0.717, 1.165) is 11.3 Å². The fourth-order valence-corrected chi connectivity index (χ4v) is 1.54. The SMILES string of the molecule is [C-]#[N+]CCc1cc(C#N)cs1. The molecule has 11 heavy (non-hydrogen) atoms. The summed E-state index contributed by atoms with van der Waals surface area (Å²) in [7, 11) is 0. The number of nitriles is 1. The molecule has 0 saturated heterocycles. The molecular weight excluding hydrogens is 156 g/mol. The van der Waals surface area contributed by atoms with E-state index in [1.54, 1.807) is 11.3 Å². The molecule has 54 valence electrons. The largest absolute Gasteiger partial charge is 0.317 e. The Hall–Kier alpha value is -1.32. The second kappa shape index (κ2) is 3.75. The van der Waals surface area contributed by atoms with Crippen molar-refractivity contribution < 1.29 is 0 Å². The third kappa shape index (κ3) is 2.07. The fraction of sp³-hybridized carbons (Fsp3) is 0.250. The van der Waals surface area contributed by atoms with E-state index in [2.05, 4.69) is 10.9 Å². The standard InChI is InChI=1S/C8H6N2S/c1-10-3-2-8-4-7(5-9)6-11-8/h4,6H,2-3H2. The van der Waals surface area contributed by atoms with Crippen LogP contribution in [-0.4, -0.2) is 6.54 Å². The molecule has 2 nitrogen and oxygen atoms in total. The quantitative estimate of drug-likeness (QED) is 0.612. The number of rotatable bonds is 2. The maximum Gasteiger partial charge on any atom is 0.219 e. The first-order valence-corrected chi connectivity index (χ1v) is 4.05. The van der Waals surface area contributed by atoms with Crippen molar-refractivity contribution in [2.45, 2.75) is 6.42 Å². The highest BCUT2D eigenvalue weighted by Crippen LogP contribution is 2.14. The minimum absolute atomic E-state index is 0.519. The Balaban J connectivity index is 2.62. The van der Waals surface area contributed by atoms with E-state index in [1.807, 2.05) is 11.4 Å². The zero-order chi connectivity index (χ0) is 8.10. The second-order valence-electron chi connectivity index (χ2n) is 2.05. The van der Waals surface area contributed by atoms with Crippen molar-refractivity contribution in [3.05, 3.63) is 33.3 Å². The molecule has 1 aromatic rings. The minimum atomic E-state index is 0.519. The van der Waals surface area contributed by atoms with E-state index < -0.39 is 0 Å². The highest BCUT2D eigenvalue weighted by Gasteiger charge is 1.98. The summed E-state index contributed by atoms with van der Waals surface area (Å²) in [6, 6.07) is 3.90. The van der Waals surface area contributed by atoms with E-state index in [1.165, 1.54) is 0 Å². The van der Waals surface area contributed by atoms with Crippen LogP contribution in [0.25, 0.3) is 4.85 Å². The van der Waals surface area contributed by atoms with Crippen molar-refractivity contribution in [1.29, 1.82) is 5.26 Å². The zero-order valence-corrected chi connectivity index (χ0v) is 6.69. The van der Waals surface area contributed by atoms with Crippen LogP contribution in [0, 0.1) is 17.9 Å². The number of thiophene rings is 1. The average Bonchev–Trinajstić information content (AvgIpc) is 2.48. The lowest BCUT2D eigenvalue weighted by Crippen LogP contribution is -1.80. The predicted molar refractivity (Wildman–Crippen MR) is 44.2 cm³/mol. The Morgan fingerprint density at radius 1 is 1.73 bits per heavy atom. The first-order chi connectivity index (χ1) is 5.36. The molecule has 0 aliphatic carbocycles. The van der Waals surface area contributed by atoms with Crippen LogP contribution in [-0.2, 0) is 6.42 Å². The van der Waals surface area contributed by atoms with Gasteiger partial charge in [-0.05, 0) is 6.07 Å². The smallest absolute Gasteiger partial charge is 0.219 e. The molecule has 0 fully saturated rings. The van der Waals surface area contributed by atoms with Gasteiger partial charge in [-0.3, -0.25) is 0 Å². The summed E-state index contributed by atoms with van der Waals surface area (Å²) >= 11 is 1.55. The molecule has 1 aromatic heterocycles. The van der Waals surface area contributed by atoms with Crippen LogP contribution < -0.4 is 0 Å². The molecule has 0 aromatic carbocycles. The van der Waals surface area contributed by atoms with Crippen LogP contribution in [0.3, 0.4) is 0 Å². The molecule has 0 atom stereocenters. The van der Waals surface area contributed by atoms with Crippen molar-refractivity contribution in [3.63, 3.8) is 0 Å². The summed E-state index contributed by atoms with van der Waals surface area (Å²) in [6.07, 6.45) is 0.774. The molecule has 0 unspecified atom stereocenters. The third-order valence-corrected chi connectivity index (χ3v) is 2.25. The third-order valence-electron chi connectivity index (χ3n) is 1.25. The molecule has 0 radical (unpaired) electrons. The summed E-state index contributed by atoms with van der Waals surface area (Å²) in [5, 5.41) is 10.3. The number of hydrogen-bond donors (Lipinski definition) is 0.